The number of unbranched alkanes of at least 4 members (excludes halogenated alkanes) is 1. The number of hydrogen-bond donors (Lipinski definition) is 2. The van der Waals surface area contributed by atoms with Gasteiger partial charge in [0.2, 0.25) is 0 Å². The Morgan fingerprint density at radius 1 is 1.70 bits per heavy atom. The van der Waals surface area contributed by atoms with E-state index in [1.54, 1.807) is 0 Å². The SMILES string of the molecule is CCCCOC(=O)Nc1nc(=O)n([C@@H]2CS[C@H](CO)O2)cc1F. The lowest BCUT2D eigenvalue weighted by Gasteiger charge is -2.14. The van der Waals surface area contributed by atoms with Crippen LogP contribution < -0.4 is 11.0 Å². The van der Waals surface area contributed by atoms with Crippen LogP contribution in [0, 0.1) is 5.82 Å². The Morgan fingerprint density at radius 2 is 2.48 bits per heavy atom. The van der Waals surface area contributed by atoms with Crippen LogP contribution in [0.25, 0.3) is 0 Å². The van der Waals surface area contributed by atoms with E-state index in [0.29, 0.717) is 12.2 Å². The molecule has 1 aromatic rings. The van der Waals surface area contributed by atoms with Crippen molar-refractivity contribution in [2.75, 3.05) is 24.3 Å². The van der Waals surface area contributed by atoms with Crippen molar-refractivity contribution in [3.05, 3.63) is 22.5 Å². The van der Waals surface area contributed by atoms with Crippen LogP contribution in [0.4, 0.5) is 15.0 Å². The van der Waals surface area contributed by atoms with Gasteiger partial charge >= 0.3 is 11.8 Å². The fraction of sp³-hybridized carbons (Fsp3) is 0.615. The zero-order chi connectivity index (χ0) is 16.8. The number of aromatic nitrogens is 2. The summed E-state index contributed by atoms with van der Waals surface area (Å²) >= 11 is 1.31. The van der Waals surface area contributed by atoms with Crippen molar-refractivity contribution in [1.82, 2.24) is 9.55 Å². The van der Waals surface area contributed by atoms with Gasteiger partial charge in [0, 0.05) is 5.75 Å². The van der Waals surface area contributed by atoms with E-state index in [0.717, 1.165) is 17.2 Å². The third kappa shape index (κ3) is 4.66. The maximum Gasteiger partial charge on any atom is 0.412 e. The van der Waals surface area contributed by atoms with Gasteiger partial charge in [0.25, 0.3) is 0 Å². The molecule has 2 atom stereocenters. The highest BCUT2D eigenvalue weighted by Crippen LogP contribution is 2.30. The van der Waals surface area contributed by atoms with E-state index < -0.39 is 35.1 Å². The van der Waals surface area contributed by atoms with E-state index in [4.69, 9.17) is 14.6 Å². The van der Waals surface area contributed by atoms with Crippen molar-refractivity contribution in [3.63, 3.8) is 0 Å². The number of carbonyl (C=O) groups is 1. The predicted octanol–water partition coefficient (Wildman–Crippen LogP) is 1.31. The highest BCUT2D eigenvalue weighted by atomic mass is 32.2. The van der Waals surface area contributed by atoms with Gasteiger partial charge in [-0.15, -0.1) is 11.8 Å². The molecule has 1 saturated heterocycles. The third-order valence-corrected chi connectivity index (χ3v) is 4.16. The number of thioether (sulfide) groups is 1. The summed E-state index contributed by atoms with van der Waals surface area (Å²) in [6.45, 7) is 1.94. The predicted molar refractivity (Wildman–Crippen MR) is 81.8 cm³/mol. The Hall–Kier alpha value is -1.65. The standard InChI is InChI=1S/C13H18FN3O5S/c1-2-3-4-21-13(20)16-11-8(14)5-17(12(19)15-11)9-7-23-10(6-18)22-9/h5,9-10,18H,2-4,6-7H2,1H3,(H,15,16,19,20)/t9-,10+/m0/s1. The largest absolute Gasteiger partial charge is 0.449 e. The van der Waals surface area contributed by atoms with Gasteiger partial charge in [-0.1, -0.05) is 13.3 Å². The summed E-state index contributed by atoms with van der Waals surface area (Å²) in [6.07, 6.45) is 0.881. The minimum atomic E-state index is -0.877. The van der Waals surface area contributed by atoms with Crippen molar-refractivity contribution in [2.45, 2.75) is 31.4 Å². The number of halogens is 1. The number of nitrogens with one attached hydrogen (secondary N) is 1. The van der Waals surface area contributed by atoms with E-state index in [2.05, 4.69) is 10.3 Å². The molecule has 1 aromatic heterocycles. The van der Waals surface area contributed by atoms with Gasteiger partial charge in [0.15, 0.2) is 11.6 Å². The average Bonchev–Trinajstić information content (AvgIpc) is 2.99. The zero-order valence-corrected chi connectivity index (χ0v) is 13.3. The van der Waals surface area contributed by atoms with E-state index in [1.165, 1.54) is 11.8 Å². The third-order valence-electron chi connectivity index (χ3n) is 3.05. The second-order valence-corrected chi connectivity index (χ2v) is 5.97. The second-order valence-electron chi connectivity index (χ2n) is 4.78. The molecule has 1 fully saturated rings. The molecule has 8 nitrogen and oxygen atoms in total. The molecule has 2 heterocycles. The van der Waals surface area contributed by atoms with E-state index in [9.17, 15) is 14.0 Å². The highest BCUT2D eigenvalue weighted by molar-refractivity contribution is 8.00. The quantitative estimate of drug-likeness (QED) is 0.748. The first kappa shape index (κ1) is 17.7. The molecular weight excluding hydrogens is 329 g/mol. The minimum Gasteiger partial charge on any atom is -0.449 e. The van der Waals surface area contributed by atoms with Gasteiger partial charge in [-0.2, -0.15) is 4.98 Å². The summed E-state index contributed by atoms with van der Waals surface area (Å²) in [5.74, 6) is -0.979. The van der Waals surface area contributed by atoms with Crippen LogP contribution in [0.2, 0.25) is 0 Å². The second kappa shape index (κ2) is 8.27. The zero-order valence-electron chi connectivity index (χ0n) is 12.5. The van der Waals surface area contributed by atoms with Crippen LogP contribution >= 0.6 is 11.8 Å². The van der Waals surface area contributed by atoms with E-state index in [1.807, 2.05) is 6.92 Å². The number of amides is 1. The van der Waals surface area contributed by atoms with E-state index >= 15 is 0 Å². The van der Waals surface area contributed by atoms with Crippen LogP contribution in [0.5, 0.6) is 0 Å². The molecule has 23 heavy (non-hydrogen) atoms. The lowest BCUT2D eigenvalue weighted by molar-refractivity contribution is -0.00677. The molecule has 10 heteroatoms. The Kier molecular flexibility index (Phi) is 6.37. The molecule has 0 saturated carbocycles. The van der Waals surface area contributed by atoms with Gasteiger partial charge < -0.3 is 14.6 Å². The molecular formula is C13H18FN3O5S. The molecule has 0 radical (unpaired) electrons. The van der Waals surface area contributed by atoms with Gasteiger partial charge in [-0.05, 0) is 6.42 Å². The molecule has 128 valence electrons. The molecule has 0 bridgehead atoms. The Bertz CT molecular complexity index is 612. The maximum atomic E-state index is 14.0. The van der Waals surface area contributed by atoms with Crippen molar-refractivity contribution >= 4 is 23.7 Å². The number of aliphatic hydroxyl groups is 1. The Balaban J connectivity index is 2.05. The lowest BCUT2D eigenvalue weighted by Crippen LogP contribution is -2.30. The molecule has 0 aliphatic carbocycles. The minimum absolute atomic E-state index is 0.199. The van der Waals surface area contributed by atoms with Crippen LogP contribution in [0.3, 0.4) is 0 Å². The first-order valence-corrected chi connectivity index (χ1v) is 8.20. The van der Waals surface area contributed by atoms with Crippen LogP contribution in [-0.4, -0.2) is 45.2 Å². The smallest absolute Gasteiger partial charge is 0.412 e. The van der Waals surface area contributed by atoms with Crippen molar-refractivity contribution in [2.24, 2.45) is 0 Å². The summed E-state index contributed by atoms with van der Waals surface area (Å²) < 4.78 is 25.2. The summed E-state index contributed by atoms with van der Waals surface area (Å²) in [6, 6.07) is 0. The van der Waals surface area contributed by atoms with Crippen molar-refractivity contribution in [3.8, 4) is 0 Å². The molecule has 1 aliphatic rings. The molecule has 0 spiro atoms. The topological polar surface area (TPSA) is 103 Å². The number of anilines is 1. The van der Waals surface area contributed by atoms with Gasteiger partial charge in [-0.25, -0.2) is 14.0 Å². The first-order chi connectivity index (χ1) is 11.0. The maximum absolute atomic E-state index is 14.0. The monoisotopic (exact) mass is 347 g/mol. The number of carbonyl (C=O) groups excluding carboxylic acids is 1. The summed E-state index contributed by atoms with van der Waals surface area (Å²) in [4.78, 5) is 26.9. The molecule has 1 aliphatic heterocycles. The number of nitrogens with zero attached hydrogens (tertiary/aromatic N) is 2. The summed E-state index contributed by atoms with van der Waals surface area (Å²) in [5.41, 5.74) is -1.22. The fourth-order valence-corrected chi connectivity index (χ4v) is 2.80. The highest BCUT2D eigenvalue weighted by Gasteiger charge is 2.28. The molecule has 2 rings (SSSR count). The molecule has 2 N–H and O–H groups in total. The van der Waals surface area contributed by atoms with Crippen molar-refractivity contribution < 1.29 is 23.8 Å². The number of aliphatic hydroxyl groups excluding tert-OH is 1. The van der Waals surface area contributed by atoms with Gasteiger partial charge in [-0.3, -0.25) is 9.88 Å². The average molecular weight is 347 g/mol. The first-order valence-electron chi connectivity index (χ1n) is 7.15. The van der Waals surface area contributed by atoms with Crippen LogP contribution in [0.15, 0.2) is 11.0 Å². The molecule has 0 aromatic carbocycles. The van der Waals surface area contributed by atoms with Gasteiger partial charge in [0.1, 0.15) is 11.7 Å². The van der Waals surface area contributed by atoms with Crippen molar-refractivity contribution in [1.29, 1.82) is 0 Å². The lowest BCUT2D eigenvalue weighted by atomic mass is 10.4. The van der Waals surface area contributed by atoms with E-state index in [-0.39, 0.29) is 13.2 Å². The van der Waals surface area contributed by atoms with Gasteiger partial charge in [0.05, 0.1) is 19.4 Å². The molecule has 0 unspecified atom stereocenters. The normalized spacial score (nSPS) is 20.5. The summed E-state index contributed by atoms with van der Waals surface area (Å²) in [7, 11) is 0. The molecule has 1 amide bonds. The Morgan fingerprint density at radius 3 is 3.13 bits per heavy atom. The van der Waals surface area contributed by atoms with Crippen LogP contribution in [-0.2, 0) is 9.47 Å². The fourth-order valence-electron chi connectivity index (χ4n) is 1.87. The number of ether oxygens (including phenoxy) is 2. The van der Waals surface area contributed by atoms with Crippen LogP contribution in [0.1, 0.15) is 26.0 Å². The summed E-state index contributed by atoms with van der Waals surface area (Å²) in [5, 5.41) is 11.1. The number of rotatable bonds is 6. The number of hydrogen-bond acceptors (Lipinski definition) is 7. The Labute approximate surface area is 136 Å².